The monoisotopic (exact) mass is 641 g/mol. The number of phenols is 1. The van der Waals surface area contributed by atoms with E-state index in [1.165, 1.54) is 19.0 Å². The van der Waals surface area contributed by atoms with Crippen LogP contribution in [0.1, 0.15) is 39.8 Å². The maximum atomic E-state index is 14.9. The van der Waals surface area contributed by atoms with Crippen LogP contribution in [0.15, 0.2) is 47.2 Å². The Bertz CT molecular complexity index is 1740. The summed E-state index contributed by atoms with van der Waals surface area (Å²) in [5.41, 5.74) is 0.959. The van der Waals surface area contributed by atoms with E-state index in [2.05, 4.69) is 0 Å². The van der Waals surface area contributed by atoms with Crippen LogP contribution in [0.3, 0.4) is 0 Å². The summed E-state index contributed by atoms with van der Waals surface area (Å²) in [6, 6.07) is 7.30. The third kappa shape index (κ3) is 4.55. The lowest BCUT2D eigenvalue weighted by Crippen LogP contribution is -2.65. The van der Waals surface area contributed by atoms with E-state index in [4.69, 9.17) is 5.73 Å². The van der Waals surface area contributed by atoms with Gasteiger partial charge in [-0.05, 0) is 81.1 Å². The first kappa shape index (κ1) is 31.8. The van der Waals surface area contributed by atoms with Crippen LogP contribution < -0.4 is 5.73 Å². The fourth-order valence-electron chi connectivity index (χ4n) is 8.11. The number of rotatable bonds is 5. The van der Waals surface area contributed by atoms with Gasteiger partial charge in [0.15, 0.2) is 11.4 Å². The number of primary amides is 1. The number of benzene rings is 2. The van der Waals surface area contributed by atoms with Crippen LogP contribution >= 0.6 is 0 Å². The highest BCUT2D eigenvalue weighted by molar-refractivity contribution is 6.24. The highest BCUT2D eigenvalue weighted by Gasteiger charge is 2.64. The Morgan fingerprint density at radius 1 is 1.04 bits per heavy atom. The van der Waals surface area contributed by atoms with Gasteiger partial charge in [0.1, 0.15) is 22.8 Å². The number of ketones is 2. The summed E-state index contributed by atoms with van der Waals surface area (Å²) in [7, 11) is 4.60. The van der Waals surface area contributed by atoms with Crippen molar-refractivity contribution in [3.05, 3.63) is 80.6 Å². The van der Waals surface area contributed by atoms with Crippen molar-refractivity contribution in [2.75, 3.05) is 21.1 Å². The van der Waals surface area contributed by atoms with Gasteiger partial charge in [0.25, 0.3) is 5.91 Å². The van der Waals surface area contributed by atoms with Gasteiger partial charge in [0.2, 0.25) is 5.78 Å². The molecular formula is C33H34F3N3O7. The van der Waals surface area contributed by atoms with Gasteiger partial charge >= 0.3 is 6.18 Å². The molecule has 0 unspecified atom stereocenters. The highest BCUT2D eigenvalue weighted by atomic mass is 19.4. The zero-order valence-corrected chi connectivity index (χ0v) is 25.4. The molecule has 0 aliphatic heterocycles. The van der Waals surface area contributed by atoms with Crippen LogP contribution in [0.5, 0.6) is 5.75 Å². The number of likely N-dealkylation sites (N-methyl/N-ethyl adjacent to an activating group) is 2. The molecule has 4 aliphatic rings. The quantitative estimate of drug-likeness (QED) is 0.309. The zero-order valence-electron chi connectivity index (χ0n) is 25.4. The predicted octanol–water partition coefficient (Wildman–Crippen LogP) is 2.58. The van der Waals surface area contributed by atoms with Crippen LogP contribution in [-0.4, -0.2) is 86.5 Å². The molecule has 0 radical (unpaired) electrons. The van der Waals surface area contributed by atoms with Crippen molar-refractivity contribution in [2.24, 2.45) is 17.6 Å². The van der Waals surface area contributed by atoms with Crippen molar-refractivity contribution in [1.29, 1.82) is 0 Å². The normalized spacial score (nSPS) is 26.4. The molecule has 0 heterocycles. The number of fused-ring (bicyclic) bond motifs is 4. The van der Waals surface area contributed by atoms with Crippen LogP contribution in [0.25, 0.3) is 5.76 Å². The average molecular weight is 642 g/mol. The number of Topliss-reactive ketones (excluding diaryl/α,β-unsaturated/α-hetero) is 2. The molecule has 244 valence electrons. The van der Waals surface area contributed by atoms with Gasteiger partial charge < -0.3 is 26.2 Å². The van der Waals surface area contributed by atoms with E-state index in [0.29, 0.717) is 12.8 Å². The number of halogens is 3. The molecule has 0 saturated heterocycles. The van der Waals surface area contributed by atoms with Crippen molar-refractivity contribution >= 4 is 23.2 Å². The van der Waals surface area contributed by atoms with E-state index in [9.17, 15) is 48.0 Å². The van der Waals surface area contributed by atoms with E-state index in [-0.39, 0.29) is 24.6 Å². The first-order valence-electron chi connectivity index (χ1n) is 14.8. The average Bonchev–Trinajstić information content (AvgIpc) is 3.38. The van der Waals surface area contributed by atoms with Crippen molar-refractivity contribution in [3.8, 4) is 5.75 Å². The number of aliphatic hydroxyl groups excluding tert-OH is 2. The molecule has 2 aromatic rings. The van der Waals surface area contributed by atoms with Gasteiger partial charge in [-0.15, -0.1) is 0 Å². The maximum absolute atomic E-state index is 14.9. The van der Waals surface area contributed by atoms with E-state index >= 15 is 0 Å². The van der Waals surface area contributed by atoms with Crippen molar-refractivity contribution in [1.82, 2.24) is 9.80 Å². The molecule has 0 aromatic heterocycles. The van der Waals surface area contributed by atoms with Crippen LogP contribution in [-0.2, 0) is 46.4 Å². The van der Waals surface area contributed by atoms with Gasteiger partial charge in [-0.25, -0.2) is 0 Å². The summed E-state index contributed by atoms with van der Waals surface area (Å²) in [6.07, 6.45) is -4.38. The van der Waals surface area contributed by atoms with E-state index in [0.717, 1.165) is 17.2 Å². The van der Waals surface area contributed by atoms with Gasteiger partial charge in [-0.1, -0.05) is 24.3 Å². The number of carbonyl (C=O) groups is 3. The first-order chi connectivity index (χ1) is 21.5. The Hall–Kier alpha value is -4.20. The molecule has 13 heteroatoms. The van der Waals surface area contributed by atoms with Crippen molar-refractivity contribution < 1.29 is 48.0 Å². The number of hydrogen-bond acceptors (Lipinski definition) is 9. The summed E-state index contributed by atoms with van der Waals surface area (Å²) >= 11 is 0. The Labute approximate surface area is 262 Å². The number of hydrogen-bond donors (Lipinski definition) is 5. The minimum atomic E-state index is -4.91. The first-order valence-corrected chi connectivity index (χ1v) is 14.8. The molecule has 6 N–H and O–H groups in total. The molecule has 46 heavy (non-hydrogen) atoms. The molecule has 4 aliphatic carbocycles. The molecular weight excluding hydrogens is 607 g/mol. The molecule has 4 atom stereocenters. The Balaban J connectivity index is 1.46. The molecule has 1 amide bonds. The third-order valence-corrected chi connectivity index (χ3v) is 10.2. The number of aliphatic hydroxyl groups is 3. The van der Waals surface area contributed by atoms with Crippen LogP contribution in [0.2, 0.25) is 0 Å². The second-order valence-electron chi connectivity index (χ2n) is 13.0. The number of aromatic hydroxyl groups is 1. The number of nitrogens with two attached hydrogens (primary N) is 1. The lowest BCUT2D eigenvalue weighted by molar-refractivity contribution is -0.153. The summed E-state index contributed by atoms with van der Waals surface area (Å²) < 4.78 is 44.8. The van der Waals surface area contributed by atoms with Crippen LogP contribution in [0, 0.1) is 11.8 Å². The smallest absolute Gasteiger partial charge is 0.417 e. The Morgan fingerprint density at radius 2 is 1.65 bits per heavy atom. The second kappa shape index (κ2) is 10.7. The van der Waals surface area contributed by atoms with Crippen molar-refractivity contribution in [2.45, 2.75) is 56.1 Å². The molecule has 1 fully saturated rings. The van der Waals surface area contributed by atoms with Gasteiger partial charge in [-0.3, -0.25) is 24.2 Å². The van der Waals surface area contributed by atoms with Crippen LogP contribution in [0.4, 0.5) is 13.2 Å². The highest BCUT2D eigenvalue weighted by Crippen LogP contribution is 2.54. The zero-order chi connectivity index (χ0) is 33.6. The fourth-order valence-corrected chi connectivity index (χ4v) is 8.11. The second-order valence-corrected chi connectivity index (χ2v) is 13.0. The Morgan fingerprint density at radius 3 is 2.20 bits per heavy atom. The van der Waals surface area contributed by atoms with E-state index < -0.39 is 98.7 Å². The molecule has 0 spiro atoms. The van der Waals surface area contributed by atoms with Gasteiger partial charge in [0.05, 0.1) is 17.2 Å². The number of phenolic OH excluding ortho intramolecular Hbond substituents is 1. The summed E-state index contributed by atoms with van der Waals surface area (Å²) in [5.74, 6) is -9.05. The van der Waals surface area contributed by atoms with Gasteiger partial charge in [-0.2, -0.15) is 13.2 Å². The minimum absolute atomic E-state index is 0.0805. The van der Waals surface area contributed by atoms with Crippen molar-refractivity contribution in [3.63, 3.8) is 0 Å². The molecule has 10 nitrogen and oxygen atoms in total. The molecule has 1 saturated carbocycles. The molecule has 2 aromatic carbocycles. The number of carbonyl (C=O) groups excluding carboxylic acids is 3. The largest absolute Gasteiger partial charge is 0.508 e. The topological polar surface area (TPSA) is 165 Å². The predicted molar refractivity (Wildman–Crippen MR) is 158 cm³/mol. The number of alkyl halides is 3. The van der Waals surface area contributed by atoms with Gasteiger partial charge in [0, 0.05) is 24.1 Å². The molecule has 6 rings (SSSR count). The van der Waals surface area contributed by atoms with E-state index in [1.54, 1.807) is 11.9 Å². The lowest BCUT2D eigenvalue weighted by Gasteiger charge is -2.50. The SMILES string of the molecule is CN(Cc1cc(O)c2c(c1C(F)(F)F)C[C@H]1C[C@H]3[C@H](N(C)C)C(=O)C(C(N)=O)=C(O)[C@@]3(O)C(=O)C1=C2O)C1Cc2ccccc2C1. The lowest BCUT2D eigenvalue weighted by atomic mass is 9.57. The minimum Gasteiger partial charge on any atom is -0.508 e. The summed E-state index contributed by atoms with van der Waals surface area (Å²) in [4.78, 5) is 42.5. The van der Waals surface area contributed by atoms with E-state index in [1.807, 2.05) is 24.3 Å². The summed E-state index contributed by atoms with van der Waals surface area (Å²) in [5, 5.41) is 45.1. The maximum Gasteiger partial charge on any atom is 0.417 e. The number of amides is 1. The molecule has 0 bridgehead atoms. The third-order valence-electron chi connectivity index (χ3n) is 10.2. The fraction of sp³-hybridized carbons (Fsp3) is 0.424. The standard InChI is InChI=1S/C33H34F3N3O7/c1-38(2)26-20-11-16-10-19-23(27(41)22(16)29(43)32(20,46)30(44)24(28(26)42)31(37)45)21(40)12-17(25(19)33(34,35)36)13-39(3)18-8-14-6-4-5-7-15(14)9-18/h4-7,12,16,18,20,26,40-41,44,46H,8-11,13H2,1-3H3,(H2,37,45)/t16-,20-,26-,32-/m0/s1. The number of nitrogens with zero attached hydrogens (tertiary/aromatic N) is 2. The summed E-state index contributed by atoms with van der Waals surface area (Å²) in [6.45, 7) is -0.163. The Kier molecular flexibility index (Phi) is 7.37.